The van der Waals surface area contributed by atoms with Crippen LogP contribution in [0.2, 0.25) is 5.02 Å². The van der Waals surface area contributed by atoms with E-state index in [-0.39, 0.29) is 23.4 Å². The number of carboxylic acid groups (broad SMARTS) is 1. The third kappa shape index (κ3) is 5.10. The first-order valence-corrected chi connectivity index (χ1v) is 14.7. The van der Waals surface area contributed by atoms with E-state index in [2.05, 4.69) is 10.3 Å². The number of aromatic amines is 1. The van der Waals surface area contributed by atoms with Gasteiger partial charge in [0.2, 0.25) is 5.91 Å². The number of carbonyl (C=O) groups is 3. The molecule has 3 aliphatic rings. The van der Waals surface area contributed by atoms with Crippen LogP contribution in [0.3, 0.4) is 0 Å². The van der Waals surface area contributed by atoms with E-state index >= 15 is 0 Å². The number of halogens is 1. The smallest absolute Gasteiger partial charge is 0.352 e. The molecule has 5 N–H and O–H groups in total. The topological polar surface area (TPSA) is 129 Å². The summed E-state index contributed by atoms with van der Waals surface area (Å²) in [7, 11) is 0. The highest BCUT2D eigenvalue weighted by molar-refractivity contribution is 6.32. The van der Waals surface area contributed by atoms with Crippen molar-refractivity contribution in [3.63, 3.8) is 0 Å². The Bertz CT molecular complexity index is 1470. The fourth-order valence-electron chi connectivity index (χ4n) is 6.90. The lowest BCUT2D eigenvalue weighted by atomic mass is 9.76. The minimum Gasteiger partial charge on any atom is -0.477 e. The molecule has 3 aromatic rings. The Morgan fingerprint density at radius 3 is 2.50 bits per heavy atom. The number of nitrogens with zero attached hydrogens (tertiary/aromatic N) is 1. The summed E-state index contributed by atoms with van der Waals surface area (Å²) in [6, 6.07) is 9.89. The zero-order valence-electron chi connectivity index (χ0n) is 22.4. The van der Waals surface area contributed by atoms with Crippen LogP contribution in [0.25, 0.3) is 10.9 Å². The van der Waals surface area contributed by atoms with Crippen LogP contribution in [0.4, 0.5) is 5.69 Å². The lowest BCUT2D eigenvalue weighted by Gasteiger charge is -2.33. The number of nitrogens with one attached hydrogen (secondary N) is 2. The molecule has 210 valence electrons. The highest BCUT2D eigenvalue weighted by Gasteiger charge is 2.45. The van der Waals surface area contributed by atoms with E-state index in [4.69, 9.17) is 17.3 Å². The molecule has 3 fully saturated rings. The summed E-state index contributed by atoms with van der Waals surface area (Å²) in [6.07, 6.45) is 8.60. The zero-order valence-corrected chi connectivity index (χ0v) is 23.2. The average Bonchev–Trinajstić information content (AvgIpc) is 3.55. The third-order valence-electron chi connectivity index (χ3n) is 9.05. The predicted octanol–water partition coefficient (Wildman–Crippen LogP) is 5.91. The number of amides is 2. The molecule has 1 aromatic heterocycles. The first-order chi connectivity index (χ1) is 19.3. The van der Waals surface area contributed by atoms with E-state index in [1.165, 1.54) is 6.42 Å². The average molecular weight is 563 g/mol. The monoisotopic (exact) mass is 562 g/mol. The molecule has 6 rings (SSSR count). The van der Waals surface area contributed by atoms with Crippen molar-refractivity contribution in [1.29, 1.82) is 0 Å². The molecule has 2 atom stereocenters. The number of nitrogens with two attached hydrogens (primary N) is 1. The van der Waals surface area contributed by atoms with Crippen molar-refractivity contribution in [3.05, 3.63) is 63.8 Å². The largest absolute Gasteiger partial charge is 0.477 e. The fourth-order valence-corrected chi connectivity index (χ4v) is 7.20. The van der Waals surface area contributed by atoms with Crippen molar-refractivity contribution in [3.8, 4) is 0 Å². The second-order valence-electron chi connectivity index (χ2n) is 11.6. The number of carboxylic acids is 1. The molecule has 1 aliphatic heterocycles. The summed E-state index contributed by atoms with van der Waals surface area (Å²) >= 11 is 6.61. The maximum absolute atomic E-state index is 14.0. The molecule has 0 spiro atoms. The number of likely N-dealkylation sites (tertiary alicyclic amines) is 1. The van der Waals surface area contributed by atoms with Crippen molar-refractivity contribution in [2.75, 3.05) is 11.9 Å². The number of fused-ring (bicyclic) bond motifs is 1. The van der Waals surface area contributed by atoms with E-state index in [0.29, 0.717) is 52.1 Å². The molecule has 2 amide bonds. The van der Waals surface area contributed by atoms with Crippen LogP contribution in [0, 0.1) is 11.8 Å². The van der Waals surface area contributed by atoms with E-state index in [1.54, 1.807) is 35.2 Å². The molecule has 0 radical (unpaired) electrons. The summed E-state index contributed by atoms with van der Waals surface area (Å²) in [5.41, 5.74) is 9.81. The molecule has 2 aliphatic carbocycles. The number of hydrogen-bond donors (Lipinski definition) is 4. The number of H-pyrrole nitrogens is 1. The van der Waals surface area contributed by atoms with Crippen LogP contribution in [-0.4, -0.2) is 45.4 Å². The summed E-state index contributed by atoms with van der Waals surface area (Å²) < 4.78 is 0. The summed E-state index contributed by atoms with van der Waals surface area (Å²) in [5.74, 6) is -0.540. The first kappa shape index (κ1) is 26.8. The van der Waals surface area contributed by atoms with Crippen LogP contribution < -0.4 is 11.1 Å². The molecule has 8 nitrogen and oxygen atoms in total. The Morgan fingerprint density at radius 1 is 1.02 bits per heavy atom. The standard InChI is InChI=1S/C31H35ClN4O4/c32-25-14-20(13-23(18-6-7-18)24(25)16-33)30(38)36-11-10-22(17-4-2-1-3-5-17)28(36)29(37)34-21-8-9-26-19(12-21)15-27(35-26)31(39)40/h8-9,12-15,17-18,22,28,35H,1-7,10-11,16,33H2,(H,34,37)(H,39,40)/t22-,28-/m0/s1. The van der Waals surface area contributed by atoms with Gasteiger partial charge in [-0.05, 0) is 84.5 Å². The van der Waals surface area contributed by atoms with Crippen LogP contribution >= 0.6 is 11.6 Å². The van der Waals surface area contributed by atoms with Crippen molar-refractivity contribution in [1.82, 2.24) is 9.88 Å². The van der Waals surface area contributed by atoms with Gasteiger partial charge in [-0.2, -0.15) is 0 Å². The van der Waals surface area contributed by atoms with Crippen molar-refractivity contribution >= 4 is 46.0 Å². The summed E-state index contributed by atoms with van der Waals surface area (Å²) in [6.45, 7) is 0.850. The van der Waals surface area contributed by atoms with Gasteiger partial charge in [-0.15, -0.1) is 0 Å². The lowest BCUT2D eigenvalue weighted by Crippen LogP contribution is -2.47. The number of aromatic nitrogens is 1. The van der Waals surface area contributed by atoms with E-state index in [1.807, 2.05) is 6.07 Å². The van der Waals surface area contributed by atoms with Gasteiger partial charge >= 0.3 is 5.97 Å². The molecule has 1 saturated heterocycles. The van der Waals surface area contributed by atoms with Gasteiger partial charge in [-0.1, -0.05) is 43.7 Å². The number of rotatable bonds is 7. The Labute approximate surface area is 238 Å². The van der Waals surface area contributed by atoms with E-state index < -0.39 is 12.0 Å². The molecule has 2 saturated carbocycles. The zero-order chi connectivity index (χ0) is 28.0. The fraction of sp³-hybridized carbons (Fsp3) is 0.452. The van der Waals surface area contributed by atoms with Crippen LogP contribution in [0.5, 0.6) is 0 Å². The number of aromatic carboxylic acids is 1. The van der Waals surface area contributed by atoms with Gasteiger partial charge in [0, 0.05) is 40.3 Å². The van der Waals surface area contributed by atoms with Crippen LogP contribution in [-0.2, 0) is 11.3 Å². The van der Waals surface area contributed by atoms with Crippen molar-refractivity contribution in [2.24, 2.45) is 17.6 Å². The maximum atomic E-state index is 14.0. The lowest BCUT2D eigenvalue weighted by molar-refractivity contribution is -0.121. The SMILES string of the molecule is NCc1c(Cl)cc(C(=O)N2CC[C@@H](C3CCCCC3)[C@H]2C(=O)Nc2ccc3[nH]c(C(=O)O)cc3c2)cc1C1CC1. The molecule has 2 heterocycles. The summed E-state index contributed by atoms with van der Waals surface area (Å²) in [5, 5.41) is 13.6. The van der Waals surface area contributed by atoms with Crippen LogP contribution in [0.1, 0.15) is 89.3 Å². The Hall–Kier alpha value is -3.36. The van der Waals surface area contributed by atoms with Gasteiger partial charge < -0.3 is 26.0 Å². The molecule has 2 aromatic carbocycles. The van der Waals surface area contributed by atoms with Crippen molar-refractivity contribution < 1.29 is 19.5 Å². The Balaban J connectivity index is 1.30. The molecule has 0 unspecified atom stereocenters. The molecule has 0 bridgehead atoms. The molecular weight excluding hydrogens is 528 g/mol. The first-order valence-electron chi connectivity index (χ1n) is 14.3. The van der Waals surface area contributed by atoms with Crippen LogP contribution in [0.15, 0.2) is 36.4 Å². The quantitative estimate of drug-likeness (QED) is 0.285. The second kappa shape index (κ2) is 10.9. The van der Waals surface area contributed by atoms with Gasteiger partial charge in [-0.3, -0.25) is 9.59 Å². The molecular formula is C31H35ClN4O4. The van der Waals surface area contributed by atoms with E-state index in [0.717, 1.165) is 56.1 Å². The van der Waals surface area contributed by atoms with Gasteiger partial charge in [0.1, 0.15) is 11.7 Å². The molecule has 40 heavy (non-hydrogen) atoms. The number of anilines is 1. The number of carbonyl (C=O) groups excluding carboxylic acids is 2. The maximum Gasteiger partial charge on any atom is 0.352 e. The highest BCUT2D eigenvalue weighted by Crippen LogP contribution is 2.44. The normalized spacial score (nSPS) is 21.6. The molecule has 9 heteroatoms. The van der Waals surface area contributed by atoms with Gasteiger partial charge in [0.25, 0.3) is 5.91 Å². The minimum atomic E-state index is -1.04. The second-order valence-corrected chi connectivity index (χ2v) is 12.0. The highest BCUT2D eigenvalue weighted by atomic mass is 35.5. The van der Waals surface area contributed by atoms with Gasteiger partial charge in [0.15, 0.2) is 0 Å². The minimum absolute atomic E-state index is 0.0838. The van der Waals surface area contributed by atoms with E-state index in [9.17, 15) is 19.5 Å². The number of hydrogen-bond acceptors (Lipinski definition) is 4. The summed E-state index contributed by atoms with van der Waals surface area (Å²) in [4.78, 5) is 44.0. The predicted molar refractivity (Wildman–Crippen MR) is 155 cm³/mol. The Morgan fingerprint density at radius 2 is 1.80 bits per heavy atom. The third-order valence-corrected chi connectivity index (χ3v) is 9.38. The van der Waals surface area contributed by atoms with Crippen molar-refractivity contribution in [2.45, 2.75) is 69.9 Å². The van der Waals surface area contributed by atoms with Gasteiger partial charge in [0.05, 0.1) is 0 Å². The Kier molecular flexibility index (Phi) is 7.31. The number of benzene rings is 2. The van der Waals surface area contributed by atoms with Gasteiger partial charge in [-0.25, -0.2) is 4.79 Å².